The Morgan fingerprint density at radius 1 is 1.47 bits per heavy atom. The fourth-order valence-corrected chi connectivity index (χ4v) is 1.58. The molecule has 0 aliphatic carbocycles. The van der Waals surface area contributed by atoms with Crippen LogP contribution in [0.2, 0.25) is 0 Å². The maximum atomic E-state index is 11.1. The topological polar surface area (TPSA) is 86.5 Å². The molecule has 0 radical (unpaired) electrons. The normalized spacial score (nSPS) is 10.2. The van der Waals surface area contributed by atoms with Gasteiger partial charge in [0.1, 0.15) is 18.5 Å². The molecule has 0 aliphatic heterocycles. The molecule has 0 saturated carbocycles. The fraction of sp³-hybridized carbons (Fsp3) is 0.250. The lowest BCUT2D eigenvalue weighted by Gasteiger charge is -2.12. The van der Waals surface area contributed by atoms with Gasteiger partial charge in [0.2, 0.25) is 0 Å². The molecule has 0 saturated heterocycles. The summed E-state index contributed by atoms with van der Waals surface area (Å²) in [6.07, 6.45) is 1.40. The number of rotatable bonds is 5. The molecule has 1 heterocycles. The second-order valence-electron chi connectivity index (χ2n) is 3.73. The van der Waals surface area contributed by atoms with Gasteiger partial charge in [0, 0.05) is 7.05 Å². The third kappa shape index (κ3) is 2.65. The van der Waals surface area contributed by atoms with Crippen molar-refractivity contribution in [3.63, 3.8) is 0 Å². The molecule has 0 bridgehead atoms. The number of carboxylic acids is 1. The van der Waals surface area contributed by atoms with Crippen LogP contribution in [0.1, 0.15) is 16.2 Å². The maximum absolute atomic E-state index is 11.1. The number of hydrogen-bond acceptors (Lipinski definition) is 5. The van der Waals surface area contributed by atoms with Gasteiger partial charge in [0.15, 0.2) is 17.3 Å². The molecule has 2 rings (SSSR count). The van der Waals surface area contributed by atoms with Crippen molar-refractivity contribution in [3.8, 4) is 11.5 Å². The van der Waals surface area contributed by atoms with Crippen LogP contribution in [0, 0.1) is 0 Å². The van der Waals surface area contributed by atoms with Gasteiger partial charge >= 0.3 is 5.97 Å². The van der Waals surface area contributed by atoms with Crippen LogP contribution >= 0.6 is 0 Å². The summed E-state index contributed by atoms with van der Waals surface area (Å²) in [6, 6.07) is 4.69. The van der Waals surface area contributed by atoms with Crippen LogP contribution in [0.5, 0.6) is 11.5 Å². The first-order chi connectivity index (χ1) is 9.13. The van der Waals surface area contributed by atoms with E-state index >= 15 is 0 Å². The van der Waals surface area contributed by atoms with E-state index in [0.29, 0.717) is 11.6 Å². The van der Waals surface area contributed by atoms with E-state index in [9.17, 15) is 4.79 Å². The number of aryl methyl sites for hydroxylation is 1. The number of ether oxygens (including phenoxy) is 2. The Morgan fingerprint density at radius 2 is 2.26 bits per heavy atom. The van der Waals surface area contributed by atoms with Crippen molar-refractivity contribution in [1.29, 1.82) is 0 Å². The number of hydrogen-bond donors (Lipinski definition) is 1. The van der Waals surface area contributed by atoms with Gasteiger partial charge in [-0.3, -0.25) is 4.68 Å². The first-order valence-electron chi connectivity index (χ1n) is 5.49. The van der Waals surface area contributed by atoms with Gasteiger partial charge in [-0.05, 0) is 12.1 Å². The highest BCUT2D eigenvalue weighted by molar-refractivity contribution is 5.92. The van der Waals surface area contributed by atoms with Crippen LogP contribution in [0.4, 0.5) is 0 Å². The highest BCUT2D eigenvalue weighted by Gasteiger charge is 2.17. The smallest absolute Gasteiger partial charge is 0.339 e. The van der Waals surface area contributed by atoms with Gasteiger partial charge < -0.3 is 14.6 Å². The molecule has 2 aromatic rings. The Bertz CT molecular complexity index is 594. The zero-order valence-corrected chi connectivity index (χ0v) is 10.5. The van der Waals surface area contributed by atoms with Crippen molar-refractivity contribution in [2.75, 3.05) is 7.11 Å². The average Bonchev–Trinajstić information content (AvgIpc) is 2.81. The van der Waals surface area contributed by atoms with E-state index in [4.69, 9.17) is 14.6 Å². The van der Waals surface area contributed by atoms with Gasteiger partial charge in [-0.2, -0.15) is 5.10 Å². The standard InChI is InChI=1S/C12H13N3O4/c1-15-10(13-7-14-15)6-19-11-8(12(16)17)4-3-5-9(11)18-2/h3-5,7H,6H2,1-2H3,(H,16,17). The van der Waals surface area contributed by atoms with E-state index < -0.39 is 5.97 Å². The lowest BCUT2D eigenvalue weighted by molar-refractivity contribution is 0.0690. The summed E-state index contributed by atoms with van der Waals surface area (Å²) < 4.78 is 12.2. The summed E-state index contributed by atoms with van der Waals surface area (Å²) in [7, 11) is 3.18. The largest absolute Gasteiger partial charge is 0.493 e. The summed E-state index contributed by atoms with van der Waals surface area (Å²) in [5.74, 6) is 0.0525. The van der Waals surface area contributed by atoms with Gasteiger partial charge in [0.05, 0.1) is 7.11 Å². The molecule has 0 unspecified atom stereocenters. The van der Waals surface area contributed by atoms with Gasteiger partial charge in [-0.1, -0.05) is 6.07 Å². The SMILES string of the molecule is COc1cccc(C(=O)O)c1OCc1ncnn1C. The van der Waals surface area contributed by atoms with E-state index in [-0.39, 0.29) is 17.9 Å². The van der Waals surface area contributed by atoms with Crippen molar-refractivity contribution < 1.29 is 19.4 Å². The molecule has 0 amide bonds. The molecule has 0 atom stereocenters. The molecule has 0 fully saturated rings. The Morgan fingerprint density at radius 3 is 2.84 bits per heavy atom. The van der Waals surface area contributed by atoms with Crippen LogP contribution in [-0.4, -0.2) is 33.0 Å². The number of aromatic carboxylic acids is 1. The number of methoxy groups -OCH3 is 1. The number of carboxylic acid groups (broad SMARTS) is 1. The highest BCUT2D eigenvalue weighted by atomic mass is 16.5. The van der Waals surface area contributed by atoms with Gasteiger partial charge in [-0.25, -0.2) is 9.78 Å². The fourth-order valence-electron chi connectivity index (χ4n) is 1.58. The number of benzene rings is 1. The lowest BCUT2D eigenvalue weighted by Crippen LogP contribution is -2.08. The molecule has 1 aromatic heterocycles. The van der Waals surface area contributed by atoms with Crippen molar-refractivity contribution in [3.05, 3.63) is 35.9 Å². The second kappa shape index (κ2) is 5.38. The Kier molecular flexibility index (Phi) is 3.65. The first kappa shape index (κ1) is 12.9. The molecule has 0 aliphatic rings. The van der Waals surface area contributed by atoms with E-state index in [0.717, 1.165) is 0 Å². The Labute approximate surface area is 109 Å². The van der Waals surface area contributed by atoms with Gasteiger partial charge in [-0.15, -0.1) is 0 Å². The molecule has 1 N–H and O–H groups in total. The molecule has 0 spiro atoms. The van der Waals surface area contributed by atoms with Crippen LogP contribution in [0.3, 0.4) is 0 Å². The quantitative estimate of drug-likeness (QED) is 0.869. The number of carbonyl (C=O) groups is 1. The molecular formula is C12H13N3O4. The molecule has 100 valence electrons. The maximum Gasteiger partial charge on any atom is 0.339 e. The van der Waals surface area contributed by atoms with E-state index in [2.05, 4.69) is 10.1 Å². The Hall–Kier alpha value is -2.57. The number of nitrogens with zero attached hydrogens (tertiary/aromatic N) is 3. The molecule has 7 nitrogen and oxygen atoms in total. The minimum Gasteiger partial charge on any atom is -0.493 e. The zero-order chi connectivity index (χ0) is 13.8. The van der Waals surface area contributed by atoms with Crippen LogP contribution in [0.15, 0.2) is 24.5 Å². The third-order valence-electron chi connectivity index (χ3n) is 2.58. The summed E-state index contributed by atoms with van der Waals surface area (Å²) in [5.41, 5.74) is 0.0431. The number of aromatic nitrogens is 3. The molecule has 1 aromatic carbocycles. The van der Waals surface area contributed by atoms with Crippen molar-refractivity contribution in [2.24, 2.45) is 7.05 Å². The molecular weight excluding hydrogens is 250 g/mol. The predicted octanol–water partition coefficient (Wildman–Crippen LogP) is 1.10. The van der Waals surface area contributed by atoms with Crippen LogP contribution in [0.25, 0.3) is 0 Å². The van der Waals surface area contributed by atoms with Crippen molar-refractivity contribution >= 4 is 5.97 Å². The predicted molar refractivity (Wildman–Crippen MR) is 65.3 cm³/mol. The minimum atomic E-state index is -1.08. The first-order valence-corrected chi connectivity index (χ1v) is 5.49. The third-order valence-corrected chi connectivity index (χ3v) is 2.58. The highest BCUT2D eigenvalue weighted by Crippen LogP contribution is 2.31. The summed E-state index contributed by atoms with van der Waals surface area (Å²) in [5, 5.41) is 13.0. The number of para-hydroxylation sites is 1. The van der Waals surface area contributed by atoms with E-state index in [1.165, 1.54) is 19.5 Å². The second-order valence-corrected chi connectivity index (χ2v) is 3.73. The minimum absolute atomic E-state index is 0.0431. The van der Waals surface area contributed by atoms with Crippen LogP contribution < -0.4 is 9.47 Å². The van der Waals surface area contributed by atoms with Crippen molar-refractivity contribution in [1.82, 2.24) is 14.8 Å². The van der Waals surface area contributed by atoms with Crippen LogP contribution in [-0.2, 0) is 13.7 Å². The van der Waals surface area contributed by atoms with E-state index in [1.54, 1.807) is 23.9 Å². The summed E-state index contributed by atoms with van der Waals surface area (Å²) >= 11 is 0. The monoisotopic (exact) mass is 263 g/mol. The summed E-state index contributed by atoms with van der Waals surface area (Å²) in [4.78, 5) is 15.1. The van der Waals surface area contributed by atoms with Gasteiger partial charge in [0.25, 0.3) is 0 Å². The van der Waals surface area contributed by atoms with E-state index in [1.807, 2.05) is 0 Å². The Balaban J connectivity index is 2.28. The zero-order valence-electron chi connectivity index (χ0n) is 10.5. The van der Waals surface area contributed by atoms with Crippen molar-refractivity contribution in [2.45, 2.75) is 6.61 Å². The lowest BCUT2D eigenvalue weighted by atomic mass is 10.2. The average molecular weight is 263 g/mol. The molecule has 7 heteroatoms. The molecule has 19 heavy (non-hydrogen) atoms. The summed E-state index contributed by atoms with van der Waals surface area (Å²) in [6.45, 7) is 0.108.